The Labute approximate surface area is 274 Å². The van der Waals surface area contributed by atoms with Crippen molar-refractivity contribution in [3.63, 3.8) is 0 Å². The number of carbonyl (C=O) groups is 2. The molecule has 0 atom stereocenters. The summed E-state index contributed by atoms with van der Waals surface area (Å²) >= 11 is 0. The van der Waals surface area contributed by atoms with Crippen LogP contribution in [-0.4, -0.2) is 73.6 Å². The molecule has 0 radical (unpaired) electrons. The fraction of sp³-hybridized carbons (Fsp3) is 0.421. The smallest absolute Gasteiger partial charge is 0.255 e. The highest BCUT2D eigenvalue weighted by atomic mass is 16.2. The molecule has 0 spiro atoms. The minimum Gasteiger partial charge on any atom is -0.357 e. The van der Waals surface area contributed by atoms with E-state index in [1.54, 1.807) is 24.3 Å². The van der Waals surface area contributed by atoms with Crippen LogP contribution in [0.2, 0.25) is 0 Å². The molecule has 0 heterocycles. The zero-order valence-electron chi connectivity index (χ0n) is 27.8. The van der Waals surface area contributed by atoms with E-state index in [0.717, 1.165) is 22.8 Å². The lowest BCUT2D eigenvalue weighted by atomic mass is 9.94. The number of amides is 2. The van der Waals surface area contributed by atoms with E-state index < -0.39 is 0 Å². The van der Waals surface area contributed by atoms with Gasteiger partial charge in [0, 0.05) is 73.9 Å². The average molecular weight is 621 g/mol. The van der Waals surface area contributed by atoms with Gasteiger partial charge in [-0.1, -0.05) is 38.5 Å². The van der Waals surface area contributed by atoms with Gasteiger partial charge in [0.2, 0.25) is 0 Å². The van der Waals surface area contributed by atoms with E-state index in [1.165, 1.54) is 64.2 Å². The van der Waals surface area contributed by atoms with Crippen LogP contribution in [0, 0.1) is 0 Å². The van der Waals surface area contributed by atoms with Crippen LogP contribution >= 0.6 is 0 Å². The molecular formula is C38H48N6O2. The Kier molecular flexibility index (Phi) is 11.2. The van der Waals surface area contributed by atoms with Gasteiger partial charge in [-0.05, 0) is 98.5 Å². The Morgan fingerprint density at radius 3 is 1.13 bits per heavy atom. The van der Waals surface area contributed by atoms with Crippen LogP contribution in [0.3, 0.4) is 0 Å². The van der Waals surface area contributed by atoms with Gasteiger partial charge < -0.3 is 20.4 Å². The Balaban J connectivity index is 1.15. The third-order valence-electron chi connectivity index (χ3n) is 9.55. The van der Waals surface area contributed by atoms with Crippen molar-refractivity contribution in [3.8, 4) is 0 Å². The third-order valence-corrected chi connectivity index (χ3v) is 9.55. The van der Waals surface area contributed by atoms with Gasteiger partial charge >= 0.3 is 0 Å². The van der Waals surface area contributed by atoms with E-state index in [-0.39, 0.29) is 11.8 Å². The SMILES string of the molecule is CN=C(c1ccc(NC(=O)c2ccc(C(=O)Nc3ccc(C(=NC)N(C)C4CCCCC4)cc3)cc2)cc1)N(C)C1CCCCC1. The first-order valence-electron chi connectivity index (χ1n) is 16.7. The van der Waals surface area contributed by atoms with Gasteiger partial charge in [0.25, 0.3) is 11.8 Å². The summed E-state index contributed by atoms with van der Waals surface area (Å²) in [6, 6.07) is 23.4. The topological polar surface area (TPSA) is 89.4 Å². The normalized spacial score (nSPS) is 16.5. The van der Waals surface area contributed by atoms with Crippen LogP contribution < -0.4 is 10.6 Å². The molecule has 5 rings (SSSR count). The molecule has 0 saturated heterocycles. The van der Waals surface area contributed by atoms with Crippen molar-refractivity contribution >= 4 is 34.9 Å². The lowest BCUT2D eigenvalue weighted by Gasteiger charge is -2.33. The highest BCUT2D eigenvalue weighted by Gasteiger charge is 2.23. The summed E-state index contributed by atoms with van der Waals surface area (Å²) in [5.41, 5.74) is 4.43. The molecule has 2 aliphatic rings. The molecule has 2 fully saturated rings. The van der Waals surface area contributed by atoms with E-state index in [4.69, 9.17) is 0 Å². The van der Waals surface area contributed by atoms with Crippen LogP contribution in [0.4, 0.5) is 11.4 Å². The average Bonchev–Trinajstić information content (AvgIpc) is 3.11. The van der Waals surface area contributed by atoms with Gasteiger partial charge in [-0.2, -0.15) is 0 Å². The van der Waals surface area contributed by atoms with E-state index in [9.17, 15) is 9.59 Å². The Morgan fingerprint density at radius 2 is 0.826 bits per heavy atom. The van der Waals surface area contributed by atoms with E-state index in [2.05, 4.69) is 44.5 Å². The van der Waals surface area contributed by atoms with E-state index in [0.29, 0.717) is 34.6 Å². The molecule has 0 unspecified atom stereocenters. The van der Waals surface area contributed by atoms with E-state index >= 15 is 0 Å². The number of amidine groups is 2. The molecular weight excluding hydrogens is 572 g/mol. The Bertz CT molecular complexity index is 1400. The van der Waals surface area contributed by atoms with Crippen molar-refractivity contribution < 1.29 is 9.59 Å². The summed E-state index contributed by atoms with van der Waals surface area (Å²) in [6.45, 7) is 0. The molecule has 8 heteroatoms. The quantitative estimate of drug-likeness (QED) is 0.202. The van der Waals surface area contributed by atoms with Crippen molar-refractivity contribution in [1.29, 1.82) is 0 Å². The summed E-state index contributed by atoms with van der Waals surface area (Å²) in [5, 5.41) is 5.93. The van der Waals surface area contributed by atoms with Gasteiger partial charge in [-0.3, -0.25) is 19.6 Å². The summed E-state index contributed by atoms with van der Waals surface area (Å²) in [6.07, 6.45) is 12.5. The number of nitrogens with one attached hydrogen (secondary N) is 2. The number of hydrogen-bond donors (Lipinski definition) is 2. The maximum atomic E-state index is 13.0. The zero-order chi connectivity index (χ0) is 32.5. The second-order valence-corrected chi connectivity index (χ2v) is 12.5. The summed E-state index contributed by atoms with van der Waals surface area (Å²) in [5.74, 6) is 1.48. The first-order valence-corrected chi connectivity index (χ1v) is 16.7. The largest absolute Gasteiger partial charge is 0.357 e. The molecule has 2 saturated carbocycles. The van der Waals surface area contributed by atoms with Gasteiger partial charge in [-0.25, -0.2) is 0 Å². The molecule has 2 aliphatic carbocycles. The zero-order valence-corrected chi connectivity index (χ0v) is 27.8. The predicted molar refractivity (Wildman–Crippen MR) is 189 cm³/mol. The van der Waals surface area contributed by atoms with Crippen LogP contribution in [0.15, 0.2) is 82.8 Å². The molecule has 8 nitrogen and oxygen atoms in total. The highest BCUT2D eigenvalue weighted by molar-refractivity contribution is 6.08. The lowest BCUT2D eigenvalue weighted by molar-refractivity contribution is 0.101. The van der Waals surface area contributed by atoms with Crippen molar-refractivity contribution in [2.75, 3.05) is 38.8 Å². The Morgan fingerprint density at radius 1 is 0.522 bits per heavy atom. The van der Waals surface area contributed by atoms with Crippen molar-refractivity contribution in [2.24, 2.45) is 9.98 Å². The number of aliphatic imine (C=N–C) groups is 2. The molecule has 2 amide bonds. The highest BCUT2D eigenvalue weighted by Crippen LogP contribution is 2.25. The minimum absolute atomic E-state index is 0.231. The van der Waals surface area contributed by atoms with Crippen molar-refractivity contribution in [3.05, 3.63) is 95.1 Å². The number of nitrogens with zero attached hydrogens (tertiary/aromatic N) is 4. The van der Waals surface area contributed by atoms with E-state index in [1.807, 2.05) is 62.6 Å². The minimum atomic E-state index is -0.231. The van der Waals surface area contributed by atoms with Crippen molar-refractivity contribution in [1.82, 2.24) is 9.80 Å². The monoisotopic (exact) mass is 620 g/mol. The molecule has 2 N–H and O–H groups in total. The van der Waals surface area contributed by atoms with Gasteiger partial charge in [0.05, 0.1) is 0 Å². The van der Waals surface area contributed by atoms with Crippen molar-refractivity contribution in [2.45, 2.75) is 76.3 Å². The number of rotatable bonds is 8. The molecule has 46 heavy (non-hydrogen) atoms. The number of hydrogen-bond acceptors (Lipinski definition) is 4. The van der Waals surface area contributed by atoms with Crippen LogP contribution in [0.1, 0.15) is 96.1 Å². The standard InChI is InChI=1S/C38H48N6O2/c1-39-35(43(3)33-11-7-5-8-12-33)27-19-23-31(24-20-27)41-37(45)29-15-17-30(18-16-29)38(46)42-32-25-21-28(22-26-32)36(40-2)44(4)34-13-9-6-10-14-34/h15-26,33-34H,5-14H2,1-4H3,(H,41,45)(H,42,46). The molecule has 0 bridgehead atoms. The second-order valence-electron chi connectivity index (χ2n) is 12.5. The molecule has 0 aromatic heterocycles. The summed E-state index contributed by atoms with van der Waals surface area (Å²) in [7, 11) is 7.92. The first kappa shape index (κ1) is 32.9. The maximum Gasteiger partial charge on any atom is 0.255 e. The molecule has 3 aromatic carbocycles. The number of benzene rings is 3. The summed E-state index contributed by atoms with van der Waals surface area (Å²) < 4.78 is 0. The molecule has 3 aromatic rings. The lowest BCUT2D eigenvalue weighted by Crippen LogP contribution is -2.38. The predicted octanol–water partition coefficient (Wildman–Crippen LogP) is 7.47. The second kappa shape index (κ2) is 15.7. The van der Waals surface area contributed by atoms with Crippen LogP contribution in [0.5, 0.6) is 0 Å². The van der Waals surface area contributed by atoms with Crippen LogP contribution in [0.25, 0.3) is 0 Å². The third kappa shape index (κ3) is 8.03. The number of carbonyl (C=O) groups excluding carboxylic acids is 2. The molecule has 0 aliphatic heterocycles. The molecule has 242 valence electrons. The summed E-state index contributed by atoms with van der Waals surface area (Å²) in [4.78, 5) is 39.7. The van der Waals surface area contributed by atoms with Gasteiger partial charge in [0.15, 0.2) is 0 Å². The fourth-order valence-electron chi connectivity index (χ4n) is 6.85. The van der Waals surface area contributed by atoms with Crippen LogP contribution in [-0.2, 0) is 0 Å². The fourth-order valence-corrected chi connectivity index (χ4v) is 6.85. The number of anilines is 2. The van der Waals surface area contributed by atoms with Gasteiger partial charge in [-0.15, -0.1) is 0 Å². The Hall–Kier alpha value is -4.46. The first-order chi connectivity index (χ1) is 22.4. The van der Waals surface area contributed by atoms with Gasteiger partial charge in [0.1, 0.15) is 11.7 Å². The maximum absolute atomic E-state index is 13.0.